The molecule has 1 aromatic rings. The number of aromatic nitrogens is 2. The molecule has 0 unspecified atom stereocenters. The van der Waals surface area contributed by atoms with Gasteiger partial charge in [-0.1, -0.05) is 11.6 Å². The summed E-state index contributed by atoms with van der Waals surface area (Å²) in [4.78, 5) is 0. The fraction of sp³-hybridized carbons (Fsp3) is 0.500. The van der Waals surface area contributed by atoms with Crippen LogP contribution in [0.1, 0.15) is 19.3 Å². The molecule has 0 atom stereocenters. The molecule has 0 saturated heterocycles. The van der Waals surface area contributed by atoms with Crippen molar-refractivity contribution in [3.63, 3.8) is 0 Å². The van der Waals surface area contributed by atoms with Crippen molar-refractivity contribution < 1.29 is 0 Å². The molecule has 0 bridgehead atoms. The molecule has 0 fully saturated rings. The fourth-order valence-corrected chi connectivity index (χ4v) is 1.21. The Labute approximate surface area is 82.2 Å². The molecule has 0 amide bonds. The van der Waals surface area contributed by atoms with Crippen LogP contribution in [0.4, 0.5) is 0 Å². The van der Waals surface area contributed by atoms with Crippen molar-refractivity contribution in [2.24, 2.45) is 5.73 Å². The Kier molecular flexibility index (Phi) is 3.76. The number of halogens is 1. The molecule has 0 aromatic carbocycles. The predicted octanol–water partition coefficient (Wildman–Crippen LogP) is 1.64. The van der Waals surface area contributed by atoms with Gasteiger partial charge in [0.05, 0.1) is 17.1 Å². The number of nitrogens with one attached hydrogen (secondary N) is 1. The number of nitrogens with zero attached hydrogens (tertiary/aromatic N) is 2. The molecule has 72 valence electrons. The van der Waals surface area contributed by atoms with Gasteiger partial charge in [0.25, 0.3) is 0 Å². The van der Waals surface area contributed by atoms with Gasteiger partial charge in [-0.3, -0.25) is 10.1 Å². The topological polar surface area (TPSA) is 67.7 Å². The van der Waals surface area contributed by atoms with E-state index in [1.165, 1.54) is 0 Å². The van der Waals surface area contributed by atoms with Crippen molar-refractivity contribution in [3.8, 4) is 0 Å². The molecule has 1 rings (SSSR count). The molecule has 4 nitrogen and oxygen atoms in total. The van der Waals surface area contributed by atoms with E-state index in [1.54, 1.807) is 17.1 Å². The fourth-order valence-electron chi connectivity index (χ4n) is 1.05. The van der Waals surface area contributed by atoms with Crippen molar-refractivity contribution in [2.45, 2.75) is 25.8 Å². The van der Waals surface area contributed by atoms with Crippen molar-refractivity contribution in [1.82, 2.24) is 9.78 Å². The maximum atomic E-state index is 7.02. The molecule has 5 heteroatoms. The molecule has 0 aliphatic rings. The summed E-state index contributed by atoms with van der Waals surface area (Å²) in [6, 6.07) is 0. The van der Waals surface area contributed by atoms with E-state index in [9.17, 15) is 0 Å². The van der Waals surface area contributed by atoms with E-state index < -0.39 is 0 Å². The molecular weight excluding hydrogens is 188 g/mol. The van der Waals surface area contributed by atoms with Gasteiger partial charge in [0.2, 0.25) is 0 Å². The molecule has 0 spiro atoms. The average molecular weight is 201 g/mol. The molecule has 13 heavy (non-hydrogen) atoms. The monoisotopic (exact) mass is 200 g/mol. The number of amidine groups is 1. The molecule has 0 saturated carbocycles. The summed E-state index contributed by atoms with van der Waals surface area (Å²) in [5, 5.41) is 11.7. The van der Waals surface area contributed by atoms with E-state index >= 15 is 0 Å². The quantitative estimate of drug-likeness (QED) is 0.431. The smallest absolute Gasteiger partial charge is 0.0905 e. The third-order valence-electron chi connectivity index (χ3n) is 1.69. The van der Waals surface area contributed by atoms with Gasteiger partial charge in [-0.15, -0.1) is 0 Å². The van der Waals surface area contributed by atoms with Gasteiger partial charge in [0.1, 0.15) is 0 Å². The highest BCUT2D eigenvalue weighted by atomic mass is 35.5. The number of aryl methyl sites for hydroxylation is 1. The van der Waals surface area contributed by atoms with E-state index in [1.807, 2.05) is 0 Å². The van der Waals surface area contributed by atoms with Crippen LogP contribution in [0.15, 0.2) is 12.4 Å². The zero-order valence-corrected chi connectivity index (χ0v) is 8.09. The highest BCUT2D eigenvalue weighted by molar-refractivity contribution is 6.30. The van der Waals surface area contributed by atoms with Crippen LogP contribution in [0.3, 0.4) is 0 Å². The first-order valence-electron chi connectivity index (χ1n) is 4.19. The Morgan fingerprint density at radius 2 is 2.38 bits per heavy atom. The minimum Gasteiger partial charge on any atom is -0.388 e. The number of rotatable bonds is 5. The van der Waals surface area contributed by atoms with Crippen LogP contribution < -0.4 is 5.73 Å². The number of unbranched alkanes of at least 4 members (excludes halogenated alkanes) is 1. The number of hydrogen-bond donors (Lipinski definition) is 2. The predicted molar refractivity (Wildman–Crippen MR) is 53.0 cm³/mol. The standard InChI is InChI=1S/C8H13ClN4/c9-7-5-12-13(6-7)4-2-1-3-8(10)11/h5-6H,1-4H2,(H3,10,11). The van der Waals surface area contributed by atoms with Gasteiger partial charge in [0.15, 0.2) is 0 Å². The number of nitrogens with two attached hydrogens (primary N) is 1. The molecule has 0 radical (unpaired) electrons. The highest BCUT2D eigenvalue weighted by Gasteiger charge is 1.95. The Balaban J connectivity index is 2.16. The first-order chi connectivity index (χ1) is 6.18. The van der Waals surface area contributed by atoms with Crippen LogP contribution in [0.5, 0.6) is 0 Å². The lowest BCUT2D eigenvalue weighted by atomic mass is 10.2. The Bertz CT molecular complexity index is 281. The number of hydrogen-bond acceptors (Lipinski definition) is 2. The molecule has 1 heterocycles. The van der Waals surface area contributed by atoms with Crippen molar-refractivity contribution in [2.75, 3.05) is 0 Å². The third kappa shape index (κ3) is 3.94. The van der Waals surface area contributed by atoms with E-state index in [0.717, 1.165) is 19.4 Å². The normalized spacial score (nSPS) is 10.2. The lowest BCUT2D eigenvalue weighted by molar-refractivity contribution is 0.563. The van der Waals surface area contributed by atoms with E-state index in [4.69, 9.17) is 22.7 Å². The maximum Gasteiger partial charge on any atom is 0.0905 e. The van der Waals surface area contributed by atoms with E-state index in [-0.39, 0.29) is 5.84 Å². The molecular formula is C8H13ClN4. The maximum absolute atomic E-state index is 7.02. The van der Waals surface area contributed by atoms with Crippen molar-refractivity contribution in [3.05, 3.63) is 17.4 Å². The molecule has 3 N–H and O–H groups in total. The van der Waals surface area contributed by atoms with Gasteiger partial charge in [-0.25, -0.2) is 0 Å². The summed E-state index contributed by atoms with van der Waals surface area (Å²) in [7, 11) is 0. The summed E-state index contributed by atoms with van der Waals surface area (Å²) in [6.07, 6.45) is 5.96. The van der Waals surface area contributed by atoms with Crippen LogP contribution in [-0.2, 0) is 6.54 Å². The molecule has 0 aliphatic heterocycles. The summed E-state index contributed by atoms with van der Waals surface area (Å²) >= 11 is 5.69. The van der Waals surface area contributed by atoms with Crippen LogP contribution >= 0.6 is 11.6 Å². The second-order valence-corrected chi connectivity index (χ2v) is 3.34. The van der Waals surface area contributed by atoms with Gasteiger partial charge in [-0.05, 0) is 12.8 Å². The highest BCUT2D eigenvalue weighted by Crippen LogP contribution is 2.06. The molecule has 1 aromatic heterocycles. The van der Waals surface area contributed by atoms with Gasteiger partial charge in [0, 0.05) is 19.2 Å². The minimum atomic E-state index is 0.249. The first-order valence-corrected chi connectivity index (χ1v) is 4.57. The van der Waals surface area contributed by atoms with Crippen LogP contribution in [-0.4, -0.2) is 15.6 Å². The Morgan fingerprint density at radius 1 is 1.62 bits per heavy atom. The third-order valence-corrected chi connectivity index (χ3v) is 1.88. The van der Waals surface area contributed by atoms with Gasteiger partial charge >= 0.3 is 0 Å². The summed E-state index contributed by atoms with van der Waals surface area (Å²) < 4.78 is 1.79. The zero-order valence-electron chi connectivity index (χ0n) is 7.33. The second kappa shape index (κ2) is 4.87. The first kappa shape index (κ1) is 10.1. The van der Waals surface area contributed by atoms with Crippen molar-refractivity contribution >= 4 is 17.4 Å². The summed E-state index contributed by atoms with van der Waals surface area (Å²) in [6.45, 7) is 0.833. The van der Waals surface area contributed by atoms with Crippen LogP contribution in [0.2, 0.25) is 5.02 Å². The second-order valence-electron chi connectivity index (χ2n) is 2.90. The van der Waals surface area contributed by atoms with Crippen molar-refractivity contribution in [1.29, 1.82) is 5.41 Å². The summed E-state index contributed by atoms with van der Waals surface area (Å²) in [5.41, 5.74) is 5.22. The Morgan fingerprint density at radius 3 is 2.92 bits per heavy atom. The summed E-state index contributed by atoms with van der Waals surface area (Å²) in [5.74, 6) is 0.249. The minimum absolute atomic E-state index is 0.249. The SMILES string of the molecule is N=C(N)CCCCn1cc(Cl)cn1. The van der Waals surface area contributed by atoms with Gasteiger partial charge in [-0.2, -0.15) is 5.10 Å². The van der Waals surface area contributed by atoms with Gasteiger partial charge < -0.3 is 5.73 Å². The Hall–Kier alpha value is -1.03. The lowest BCUT2D eigenvalue weighted by Gasteiger charge is -2.00. The lowest BCUT2D eigenvalue weighted by Crippen LogP contribution is -2.09. The zero-order chi connectivity index (χ0) is 9.68. The van der Waals surface area contributed by atoms with E-state index in [0.29, 0.717) is 11.4 Å². The molecule has 0 aliphatic carbocycles. The average Bonchev–Trinajstić information content (AvgIpc) is 2.45. The van der Waals surface area contributed by atoms with Crippen LogP contribution in [0.25, 0.3) is 0 Å². The largest absolute Gasteiger partial charge is 0.388 e. The van der Waals surface area contributed by atoms with E-state index in [2.05, 4.69) is 5.10 Å². The van der Waals surface area contributed by atoms with Crippen LogP contribution in [0, 0.1) is 5.41 Å².